The average molecular weight is 438 g/mol. The number of methoxy groups -OCH3 is 1. The van der Waals surface area contributed by atoms with Crippen LogP contribution in [0.1, 0.15) is 42.6 Å². The summed E-state index contributed by atoms with van der Waals surface area (Å²) >= 11 is 0. The van der Waals surface area contributed by atoms with Gasteiger partial charge in [-0.05, 0) is 49.6 Å². The van der Waals surface area contributed by atoms with Crippen molar-refractivity contribution in [2.75, 3.05) is 32.1 Å². The molecule has 2 unspecified atom stereocenters. The summed E-state index contributed by atoms with van der Waals surface area (Å²) in [7, 11) is 3.48. The molecule has 0 saturated carbocycles. The summed E-state index contributed by atoms with van der Waals surface area (Å²) in [6, 6.07) is 16.3. The number of rotatable bonds is 8. The number of aliphatic imine (C=N–C) groups is 1. The highest BCUT2D eigenvalue weighted by Crippen LogP contribution is 2.30. The molecule has 0 bridgehead atoms. The molecule has 0 aromatic heterocycles. The first kappa shape index (κ1) is 23.4. The largest absolute Gasteiger partial charge is 0.495 e. The van der Waals surface area contributed by atoms with Crippen molar-refractivity contribution in [3.63, 3.8) is 0 Å². The van der Waals surface area contributed by atoms with Gasteiger partial charge in [-0.1, -0.05) is 31.2 Å². The number of carbonyl (C=O) groups is 1. The number of carbonyl (C=O) groups excluding carboxylic acids is 1. The van der Waals surface area contributed by atoms with E-state index in [-0.39, 0.29) is 11.9 Å². The fourth-order valence-corrected chi connectivity index (χ4v) is 3.79. The summed E-state index contributed by atoms with van der Waals surface area (Å²) in [4.78, 5) is 19.1. The number of hydrogen-bond acceptors (Lipinski definition) is 4. The van der Waals surface area contributed by atoms with E-state index in [2.05, 4.69) is 38.8 Å². The van der Waals surface area contributed by atoms with E-state index in [4.69, 9.17) is 4.74 Å². The normalized spacial score (nSPS) is 17.1. The second-order valence-electron chi connectivity index (χ2n) is 8.16. The van der Waals surface area contributed by atoms with Crippen LogP contribution in [-0.4, -0.2) is 51.2 Å². The Balaban J connectivity index is 1.54. The summed E-state index contributed by atoms with van der Waals surface area (Å²) in [5, 5.41) is 9.91. The van der Waals surface area contributed by atoms with Crippen molar-refractivity contribution < 1.29 is 9.53 Å². The Labute approximate surface area is 191 Å². The summed E-state index contributed by atoms with van der Waals surface area (Å²) in [6.07, 6.45) is 1.93. The first-order valence-electron chi connectivity index (χ1n) is 11.3. The molecule has 172 valence electrons. The van der Waals surface area contributed by atoms with Crippen LogP contribution in [0.2, 0.25) is 0 Å². The first-order valence-corrected chi connectivity index (χ1v) is 11.3. The highest BCUT2D eigenvalue weighted by Gasteiger charge is 2.25. The quantitative estimate of drug-likeness (QED) is 0.437. The maximum absolute atomic E-state index is 12.4. The van der Waals surface area contributed by atoms with E-state index < -0.39 is 0 Å². The second kappa shape index (κ2) is 11.4. The number of nitrogens with one attached hydrogen (secondary N) is 3. The molecule has 3 rings (SSSR count). The van der Waals surface area contributed by atoms with Crippen LogP contribution in [0, 0.1) is 0 Å². The van der Waals surface area contributed by atoms with Crippen LogP contribution in [0.5, 0.6) is 5.75 Å². The standard InChI is InChI=1S/C25H35N5O2/c1-5-18(2)28-24(31)20-10-8-9-19(15-20)16-27-25(26-3)29-21-13-14-30(17-21)22-11-6-7-12-23(22)32-4/h6-12,15,18,21H,5,13-14,16-17H2,1-4H3,(H,28,31)(H2,26,27,29). The Morgan fingerprint density at radius 3 is 2.81 bits per heavy atom. The predicted molar refractivity (Wildman–Crippen MR) is 131 cm³/mol. The molecule has 1 amide bonds. The molecule has 0 aliphatic carbocycles. The van der Waals surface area contributed by atoms with Gasteiger partial charge in [0.2, 0.25) is 0 Å². The lowest BCUT2D eigenvalue weighted by molar-refractivity contribution is 0.0939. The minimum Gasteiger partial charge on any atom is -0.495 e. The van der Waals surface area contributed by atoms with Crippen molar-refractivity contribution in [2.24, 2.45) is 4.99 Å². The minimum atomic E-state index is -0.0360. The smallest absolute Gasteiger partial charge is 0.251 e. The van der Waals surface area contributed by atoms with Crippen LogP contribution >= 0.6 is 0 Å². The Hall–Kier alpha value is -3.22. The van der Waals surface area contributed by atoms with E-state index in [1.807, 2.05) is 49.4 Å². The molecule has 1 fully saturated rings. The lowest BCUT2D eigenvalue weighted by Gasteiger charge is -2.22. The number of nitrogens with zero attached hydrogens (tertiary/aromatic N) is 2. The second-order valence-corrected chi connectivity index (χ2v) is 8.16. The number of ether oxygens (including phenoxy) is 1. The van der Waals surface area contributed by atoms with Crippen LogP contribution in [0.4, 0.5) is 5.69 Å². The lowest BCUT2D eigenvalue weighted by atomic mass is 10.1. The van der Waals surface area contributed by atoms with Gasteiger partial charge in [0.05, 0.1) is 12.8 Å². The van der Waals surface area contributed by atoms with Crippen molar-refractivity contribution in [3.05, 3.63) is 59.7 Å². The number of anilines is 1. The highest BCUT2D eigenvalue weighted by atomic mass is 16.5. The van der Waals surface area contributed by atoms with Crippen molar-refractivity contribution in [1.82, 2.24) is 16.0 Å². The lowest BCUT2D eigenvalue weighted by Crippen LogP contribution is -2.44. The summed E-state index contributed by atoms with van der Waals surface area (Å²) < 4.78 is 5.51. The fraction of sp³-hybridized carbons (Fsp3) is 0.440. The maximum atomic E-state index is 12.4. The van der Waals surface area contributed by atoms with Gasteiger partial charge in [0.15, 0.2) is 5.96 Å². The van der Waals surface area contributed by atoms with E-state index in [0.717, 1.165) is 48.9 Å². The van der Waals surface area contributed by atoms with Crippen LogP contribution < -0.4 is 25.6 Å². The third-order valence-electron chi connectivity index (χ3n) is 5.82. The molecule has 2 aromatic carbocycles. The predicted octanol–water partition coefficient (Wildman–Crippen LogP) is 3.17. The zero-order chi connectivity index (χ0) is 22.9. The van der Waals surface area contributed by atoms with Gasteiger partial charge in [-0.25, -0.2) is 0 Å². The fourth-order valence-electron chi connectivity index (χ4n) is 3.79. The van der Waals surface area contributed by atoms with Crippen LogP contribution in [0.25, 0.3) is 0 Å². The van der Waals surface area contributed by atoms with Gasteiger partial charge in [-0.2, -0.15) is 0 Å². The Kier molecular flexibility index (Phi) is 8.36. The molecule has 1 aliphatic rings. The SMILES string of the molecule is CCC(C)NC(=O)c1cccc(CNC(=NC)NC2CCN(c3ccccc3OC)C2)c1. The molecule has 0 radical (unpaired) electrons. The van der Waals surface area contributed by atoms with E-state index in [9.17, 15) is 4.79 Å². The van der Waals surface area contributed by atoms with Crippen molar-refractivity contribution >= 4 is 17.6 Å². The van der Waals surface area contributed by atoms with Gasteiger partial charge in [-0.15, -0.1) is 0 Å². The molecule has 1 aliphatic heterocycles. The first-order chi connectivity index (χ1) is 15.5. The summed E-state index contributed by atoms with van der Waals surface area (Å²) in [5.41, 5.74) is 2.83. The van der Waals surface area contributed by atoms with E-state index in [1.165, 1.54) is 0 Å². The molecule has 2 atom stereocenters. The minimum absolute atomic E-state index is 0.0360. The molecule has 1 saturated heterocycles. The van der Waals surface area contributed by atoms with Crippen molar-refractivity contribution in [2.45, 2.75) is 45.3 Å². The molecule has 32 heavy (non-hydrogen) atoms. The van der Waals surface area contributed by atoms with Crippen molar-refractivity contribution in [3.8, 4) is 5.75 Å². The van der Waals surface area contributed by atoms with Gasteiger partial charge in [-0.3, -0.25) is 9.79 Å². The van der Waals surface area contributed by atoms with E-state index in [1.54, 1.807) is 14.2 Å². The molecular weight excluding hydrogens is 402 g/mol. The monoisotopic (exact) mass is 437 g/mol. The summed E-state index contributed by atoms with van der Waals surface area (Å²) in [5.74, 6) is 1.62. The zero-order valence-electron chi connectivity index (χ0n) is 19.5. The Morgan fingerprint density at radius 2 is 2.06 bits per heavy atom. The van der Waals surface area contributed by atoms with Crippen LogP contribution in [0.15, 0.2) is 53.5 Å². The molecule has 2 aromatic rings. The number of amides is 1. The third kappa shape index (κ3) is 6.15. The van der Waals surface area contributed by atoms with Crippen LogP contribution in [0.3, 0.4) is 0 Å². The molecular formula is C25H35N5O2. The number of benzene rings is 2. The summed E-state index contributed by atoms with van der Waals surface area (Å²) in [6.45, 7) is 6.50. The van der Waals surface area contributed by atoms with Gasteiger partial charge >= 0.3 is 0 Å². The van der Waals surface area contributed by atoms with E-state index >= 15 is 0 Å². The number of hydrogen-bond donors (Lipinski definition) is 3. The number of guanidine groups is 1. The van der Waals surface area contributed by atoms with Crippen LogP contribution in [-0.2, 0) is 6.54 Å². The third-order valence-corrected chi connectivity index (χ3v) is 5.82. The maximum Gasteiger partial charge on any atom is 0.251 e. The van der Waals surface area contributed by atoms with E-state index in [0.29, 0.717) is 18.2 Å². The van der Waals surface area contributed by atoms with Gasteiger partial charge in [0.25, 0.3) is 5.91 Å². The Morgan fingerprint density at radius 1 is 1.25 bits per heavy atom. The average Bonchev–Trinajstić information content (AvgIpc) is 3.30. The zero-order valence-corrected chi connectivity index (χ0v) is 19.5. The Bertz CT molecular complexity index is 930. The molecule has 1 heterocycles. The molecule has 7 heteroatoms. The number of para-hydroxylation sites is 2. The van der Waals surface area contributed by atoms with Gasteiger partial charge in [0.1, 0.15) is 5.75 Å². The van der Waals surface area contributed by atoms with Gasteiger partial charge < -0.3 is 25.6 Å². The highest BCUT2D eigenvalue weighted by molar-refractivity contribution is 5.94. The molecule has 7 nitrogen and oxygen atoms in total. The molecule has 3 N–H and O–H groups in total. The van der Waals surface area contributed by atoms with Gasteiger partial charge in [0, 0.05) is 44.3 Å². The topological polar surface area (TPSA) is 78.0 Å². The van der Waals surface area contributed by atoms with Crippen molar-refractivity contribution in [1.29, 1.82) is 0 Å². The molecule has 0 spiro atoms.